The van der Waals surface area contributed by atoms with Crippen molar-refractivity contribution < 1.29 is 35.1 Å². The van der Waals surface area contributed by atoms with Crippen molar-refractivity contribution in [2.24, 2.45) is 0 Å². The molecule has 0 amide bonds. The first-order valence-electron chi connectivity index (χ1n) is 6.01. The number of hydrogen-bond acceptors (Lipinski definition) is 1. The summed E-state index contributed by atoms with van der Waals surface area (Å²) in [5.74, 6) is -12.4. The van der Waals surface area contributed by atoms with Gasteiger partial charge in [0, 0.05) is 17.3 Å². The number of aromatic nitrogens is 1. The Hall–Kier alpha value is -2.19. The summed E-state index contributed by atoms with van der Waals surface area (Å²) in [6.45, 7) is 0. The monoisotopic (exact) mass is 341 g/mol. The normalized spacial score (nSPS) is 13.2. The Balaban J connectivity index is 2.49. The molecule has 2 rings (SSSR count). The Morgan fingerprint density at radius 2 is 1.35 bits per heavy atom. The maximum absolute atomic E-state index is 13.6. The molecule has 23 heavy (non-hydrogen) atoms. The van der Waals surface area contributed by atoms with Gasteiger partial charge in [-0.15, -0.1) is 0 Å². The minimum absolute atomic E-state index is 0.0828. The molecule has 1 aromatic heterocycles. The maximum Gasteiger partial charge on any atom is 0.460 e. The predicted octanol–water partition coefficient (Wildman–Crippen LogP) is 5.18. The topological polar surface area (TPSA) is 12.9 Å². The van der Waals surface area contributed by atoms with Gasteiger partial charge in [0.15, 0.2) is 0 Å². The lowest BCUT2D eigenvalue weighted by atomic mass is 10.0. The Morgan fingerprint density at radius 1 is 0.783 bits per heavy atom. The van der Waals surface area contributed by atoms with Crippen LogP contribution < -0.4 is 0 Å². The molecular weight excluding hydrogens is 334 g/mol. The van der Waals surface area contributed by atoms with Crippen molar-refractivity contribution in [2.45, 2.75) is 18.0 Å². The zero-order chi connectivity index (χ0) is 17.5. The minimum atomic E-state index is -6.42. The largest absolute Gasteiger partial charge is 0.460 e. The van der Waals surface area contributed by atoms with E-state index >= 15 is 0 Å². The van der Waals surface area contributed by atoms with E-state index in [1.54, 1.807) is 0 Å². The average Bonchev–Trinajstić information content (AvgIpc) is 2.47. The molecule has 124 valence electrons. The number of alkyl halides is 7. The summed E-state index contributed by atoms with van der Waals surface area (Å²) < 4.78 is 103. The van der Waals surface area contributed by atoms with Gasteiger partial charge in [-0.1, -0.05) is 0 Å². The fraction of sp³-hybridized carbons (Fsp3) is 0.214. The molecule has 0 aliphatic heterocycles. The molecule has 1 nitrogen and oxygen atoms in total. The molecule has 9 heteroatoms. The molecule has 0 atom stereocenters. The van der Waals surface area contributed by atoms with Gasteiger partial charge in [0.2, 0.25) is 0 Å². The van der Waals surface area contributed by atoms with Crippen LogP contribution in [0.4, 0.5) is 35.1 Å². The number of benzene rings is 1. The van der Waals surface area contributed by atoms with E-state index in [4.69, 9.17) is 0 Å². The van der Waals surface area contributed by atoms with Crippen LogP contribution in [-0.4, -0.2) is 17.1 Å². The first-order chi connectivity index (χ1) is 10.5. The number of halogens is 8. The van der Waals surface area contributed by atoms with E-state index in [0.717, 1.165) is 24.3 Å². The highest BCUT2D eigenvalue weighted by Gasteiger charge is 2.73. The fourth-order valence-corrected chi connectivity index (χ4v) is 1.76. The van der Waals surface area contributed by atoms with Crippen molar-refractivity contribution in [1.29, 1.82) is 0 Å². The standard InChI is InChI=1S/C14H7F8N/c15-10-3-1-8(2-4-10)11-7-9(5-6-23-11)12(16,17)13(18,19)14(20,21)22/h1-7H. The van der Waals surface area contributed by atoms with Crippen molar-refractivity contribution in [3.05, 3.63) is 54.0 Å². The van der Waals surface area contributed by atoms with Gasteiger partial charge in [-0.3, -0.25) is 4.98 Å². The second kappa shape index (κ2) is 5.47. The number of rotatable bonds is 3. The van der Waals surface area contributed by atoms with Gasteiger partial charge < -0.3 is 0 Å². The van der Waals surface area contributed by atoms with Crippen LogP contribution >= 0.6 is 0 Å². The second-order valence-electron chi connectivity index (χ2n) is 4.58. The van der Waals surface area contributed by atoms with Crippen LogP contribution in [0.25, 0.3) is 11.3 Å². The lowest BCUT2D eigenvalue weighted by molar-refractivity contribution is -0.359. The molecule has 1 aromatic carbocycles. The Kier molecular flexibility index (Phi) is 4.08. The van der Waals surface area contributed by atoms with Crippen molar-refractivity contribution in [1.82, 2.24) is 4.98 Å². The number of hydrogen-bond donors (Lipinski definition) is 0. The van der Waals surface area contributed by atoms with Crippen LogP contribution in [0.2, 0.25) is 0 Å². The van der Waals surface area contributed by atoms with Gasteiger partial charge in [-0.25, -0.2) is 4.39 Å². The summed E-state index contributed by atoms with van der Waals surface area (Å²) in [6, 6.07) is 4.96. The van der Waals surface area contributed by atoms with Gasteiger partial charge >= 0.3 is 18.0 Å². The quantitative estimate of drug-likeness (QED) is 0.701. The zero-order valence-electron chi connectivity index (χ0n) is 11.0. The van der Waals surface area contributed by atoms with E-state index in [-0.39, 0.29) is 11.3 Å². The minimum Gasteiger partial charge on any atom is -0.256 e. The van der Waals surface area contributed by atoms with Crippen LogP contribution in [0.15, 0.2) is 42.6 Å². The van der Waals surface area contributed by atoms with Crippen LogP contribution in [0.5, 0.6) is 0 Å². The summed E-state index contributed by atoms with van der Waals surface area (Å²) in [5, 5.41) is 0. The van der Waals surface area contributed by atoms with Gasteiger partial charge in [0.25, 0.3) is 0 Å². The van der Waals surface area contributed by atoms with Crippen molar-refractivity contribution in [2.75, 3.05) is 0 Å². The molecule has 0 saturated heterocycles. The molecule has 0 fully saturated rings. The fourth-order valence-electron chi connectivity index (χ4n) is 1.76. The molecule has 2 aromatic rings. The molecule has 0 unspecified atom stereocenters. The summed E-state index contributed by atoms with van der Waals surface area (Å²) in [5.41, 5.74) is -1.76. The summed E-state index contributed by atoms with van der Waals surface area (Å²) in [6.07, 6.45) is -5.75. The summed E-state index contributed by atoms with van der Waals surface area (Å²) in [4.78, 5) is 3.62. The predicted molar refractivity (Wildman–Crippen MR) is 64.5 cm³/mol. The van der Waals surface area contributed by atoms with Crippen molar-refractivity contribution in [3.63, 3.8) is 0 Å². The highest BCUT2D eigenvalue weighted by molar-refractivity contribution is 5.59. The van der Waals surface area contributed by atoms with E-state index in [1.165, 1.54) is 0 Å². The van der Waals surface area contributed by atoms with Gasteiger partial charge in [0.05, 0.1) is 5.69 Å². The van der Waals surface area contributed by atoms with E-state index < -0.39 is 29.4 Å². The van der Waals surface area contributed by atoms with E-state index in [0.29, 0.717) is 18.3 Å². The van der Waals surface area contributed by atoms with E-state index in [9.17, 15) is 35.1 Å². The number of pyridine rings is 1. The number of nitrogens with zero attached hydrogens (tertiary/aromatic N) is 1. The van der Waals surface area contributed by atoms with E-state index in [1.807, 2.05) is 0 Å². The van der Waals surface area contributed by atoms with Crippen LogP contribution in [0, 0.1) is 5.82 Å². The van der Waals surface area contributed by atoms with Crippen molar-refractivity contribution in [3.8, 4) is 11.3 Å². The highest BCUT2D eigenvalue weighted by atomic mass is 19.4. The first-order valence-corrected chi connectivity index (χ1v) is 6.01. The maximum atomic E-state index is 13.6. The molecule has 0 radical (unpaired) electrons. The van der Waals surface area contributed by atoms with E-state index in [2.05, 4.69) is 4.98 Å². The Bertz CT molecular complexity index is 691. The molecule has 0 N–H and O–H groups in total. The first kappa shape index (κ1) is 17.2. The third-order valence-corrected chi connectivity index (χ3v) is 3.01. The smallest absolute Gasteiger partial charge is 0.256 e. The average molecular weight is 341 g/mol. The molecule has 0 aliphatic carbocycles. The summed E-state index contributed by atoms with van der Waals surface area (Å²) in [7, 11) is 0. The van der Waals surface area contributed by atoms with Crippen LogP contribution in [0.3, 0.4) is 0 Å². The van der Waals surface area contributed by atoms with Gasteiger partial charge in [-0.2, -0.15) is 30.7 Å². The Labute approximate surface area is 124 Å². The summed E-state index contributed by atoms with van der Waals surface area (Å²) >= 11 is 0. The van der Waals surface area contributed by atoms with Gasteiger partial charge in [0.1, 0.15) is 5.82 Å². The molecule has 0 bridgehead atoms. The van der Waals surface area contributed by atoms with Gasteiger partial charge in [-0.05, 0) is 36.4 Å². The van der Waals surface area contributed by atoms with Crippen LogP contribution in [0.1, 0.15) is 5.56 Å². The zero-order valence-corrected chi connectivity index (χ0v) is 11.0. The second-order valence-corrected chi connectivity index (χ2v) is 4.58. The molecule has 0 aliphatic rings. The molecule has 1 heterocycles. The highest BCUT2D eigenvalue weighted by Crippen LogP contribution is 2.51. The molecule has 0 saturated carbocycles. The SMILES string of the molecule is Fc1ccc(-c2cc(C(F)(F)C(F)(F)C(F)(F)F)ccn2)cc1. The third kappa shape index (κ3) is 2.99. The van der Waals surface area contributed by atoms with Crippen molar-refractivity contribution >= 4 is 0 Å². The lowest BCUT2D eigenvalue weighted by Crippen LogP contribution is -2.50. The lowest BCUT2D eigenvalue weighted by Gasteiger charge is -2.28. The van der Waals surface area contributed by atoms with Crippen LogP contribution in [-0.2, 0) is 5.92 Å². The molecule has 0 spiro atoms. The Morgan fingerprint density at radius 3 is 1.87 bits per heavy atom. The molecular formula is C14H7F8N. The third-order valence-electron chi connectivity index (χ3n) is 3.01.